The van der Waals surface area contributed by atoms with Crippen molar-refractivity contribution in [2.45, 2.75) is 46.6 Å². The van der Waals surface area contributed by atoms with Gasteiger partial charge in [-0.2, -0.15) is 0 Å². The Hall–Kier alpha value is -1.06. The molecule has 1 saturated carbocycles. The summed E-state index contributed by atoms with van der Waals surface area (Å²) in [7, 11) is 0. The van der Waals surface area contributed by atoms with Crippen LogP contribution in [0.1, 0.15) is 41.0 Å². The van der Waals surface area contributed by atoms with Crippen LogP contribution in [0.4, 0.5) is 0 Å². The van der Waals surface area contributed by atoms with Gasteiger partial charge in [0, 0.05) is 11.5 Å². The van der Waals surface area contributed by atoms with Gasteiger partial charge >= 0.3 is 5.97 Å². The van der Waals surface area contributed by atoms with E-state index in [0.29, 0.717) is 5.92 Å². The van der Waals surface area contributed by atoms with Crippen molar-refractivity contribution in [3.05, 3.63) is 0 Å². The number of hydrogen-bond acceptors (Lipinski definition) is 2. The van der Waals surface area contributed by atoms with Crippen LogP contribution in [0, 0.1) is 17.3 Å². The molecule has 4 nitrogen and oxygen atoms in total. The van der Waals surface area contributed by atoms with Crippen LogP contribution in [-0.4, -0.2) is 22.5 Å². The molecule has 0 heterocycles. The molecule has 0 bridgehead atoms. The second-order valence-electron chi connectivity index (χ2n) is 5.86. The zero-order chi connectivity index (χ0) is 12.7. The van der Waals surface area contributed by atoms with E-state index in [9.17, 15) is 9.59 Å². The molecule has 2 atom stereocenters. The normalized spacial score (nSPS) is 25.1. The molecule has 2 N–H and O–H groups in total. The van der Waals surface area contributed by atoms with E-state index in [1.807, 2.05) is 6.92 Å². The van der Waals surface area contributed by atoms with Gasteiger partial charge in [-0.25, -0.2) is 0 Å². The summed E-state index contributed by atoms with van der Waals surface area (Å²) in [5.74, 6) is -0.416. The van der Waals surface area contributed by atoms with Gasteiger partial charge in [0.1, 0.15) is 0 Å². The van der Waals surface area contributed by atoms with Gasteiger partial charge in [0.05, 0.1) is 5.41 Å². The Morgan fingerprint density at radius 3 is 2.00 bits per heavy atom. The Labute approximate surface area is 96.4 Å². The summed E-state index contributed by atoms with van der Waals surface area (Å²) < 4.78 is 0. The first-order chi connectivity index (χ1) is 7.09. The van der Waals surface area contributed by atoms with Crippen molar-refractivity contribution in [2.24, 2.45) is 17.3 Å². The van der Waals surface area contributed by atoms with Crippen LogP contribution in [0.5, 0.6) is 0 Å². The third-order valence-corrected chi connectivity index (χ3v) is 3.98. The minimum Gasteiger partial charge on any atom is -0.481 e. The SMILES string of the molecule is C[C@H]1C[C@H]1C(=O)NC(C)(C)C(C)(C)C(=O)O. The summed E-state index contributed by atoms with van der Waals surface area (Å²) in [4.78, 5) is 22.9. The van der Waals surface area contributed by atoms with Gasteiger partial charge in [0.15, 0.2) is 0 Å². The number of rotatable bonds is 4. The highest BCUT2D eigenvalue weighted by atomic mass is 16.4. The zero-order valence-electron chi connectivity index (χ0n) is 10.6. The van der Waals surface area contributed by atoms with Crippen molar-refractivity contribution in [3.63, 3.8) is 0 Å². The molecule has 0 aromatic heterocycles. The molecule has 1 aliphatic carbocycles. The van der Waals surface area contributed by atoms with E-state index in [-0.39, 0.29) is 11.8 Å². The fourth-order valence-corrected chi connectivity index (χ4v) is 1.51. The van der Waals surface area contributed by atoms with E-state index >= 15 is 0 Å². The fourth-order valence-electron chi connectivity index (χ4n) is 1.51. The third kappa shape index (κ3) is 2.20. The molecule has 16 heavy (non-hydrogen) atoms. The molecule has 0 aromatic rings. The number of carboxylic acid groups (broad SMARTS) is 1. The molecular formula is C12H21NO3. The number of aliphatic carboxylic acids is 1. The van der Waals surface area contributed by atoms with E-state index < -0.39 is 16.9 Å². The van der Waals surface area contributed by atoms with E-state index in [1.54, 1.807) is 27.7 Å². The van der Waals surface area contributed by atoms with Crippen molar-refractivity contribution < 1.29 is 14.7 Å². The lowest BCUT2D eigenvalue weighted by Crippen LogP contribution is -2.57. The van der Waals surface area contributed by atoms with Crippen LogP contribution in [0.25, 0.3) is 0 Å². The van der Waals surface area contributed by atoms with Crippen LogP contribution >= 0.6 is 0 Å². The summed E-state index contributed by atoms with van der Waals surface area (Å²) in [6, 6.07) is 0. The Balaban J connectivity index is 2.71. The number of carbonyl (C=O) groups is 2. The Bertz CT molecular complexity index is 320. The summed E-state index contributed by atoms with van der Waals surface area (Å²) in [6.45, 7) is 8.80. The van der Waals surface area contributed by atoms with Crippen LogP contribution in [0.2, 0.25) is 0 Å². The Morgan fingerprint density at radius 1 is 1.25 bits per heavy atom. The summed E-state index contributed by atoms with van der Waals surface area (Å²) >= 11 is 0. The van der Waals surface area contributed by atoms with E-state index in [2.05, 4.69) is 5.32 Å². The highest BCUT2D eigenvalue weighted by Gasteiger charge is 2.47. The number of hydrogen-bond donors (Lipinski definition) is 2. The van der Waals surface area contributed by atoms with Crippen LogP contribution < -0.4 is 5.32 Å². The van der Waals surface area contributed by atoms with Crippen LogP contribution in [-0.2, 0) is 9.59 Å². The summed E-state index contributed by atoms with van der Waals surface area (Å²) in [6.07, 6.45) is 0.912. The molecule has 4 heteroatoms. The molecule has 1 fully saturated rings. The third-order valence-electron chi connectivity index (χ3n) is 3.98. The van der Waals surface area contributed by atoms with Gasteiger partial charge in [-0.15, -0.1) is 0 Å². The standard InChI is InChI=1S/C12H21NO3/c1-7-6-8(7)9(14)13-12(4,5)11(2,3)10(15)16/h7-8H,6H2,1-5H3,(H,13,14)(H,15,16)/t7-,8+/m0/s1. The number of nitrogens with one attached hydrogen (secondary N) is 1. The smallest absolute Gasteiger partial charge is 0.311 e. The number of carboxylic acids is 1. The van der Waals surface area contributed by atoms with Gasteiger partial charge in [0.25, 0.3) is 0 Å². The second-order valence-corrected chi connectivity index (χ2v) is 5.86. The highest BCUT2D eigenvalue weighted by molar-refractivity contribution is 5.84. The van der Waals surface area contributed by atoms with Crippen molar-refractivity contribution >= 4 is 11.9 Å². The number of carbonyl (C=O) groups excluding carboxylic acids is 1. The van der Waals surface area contributed by atoms with Crippen LogP contribution in [0.3, 0.4) is 0 Å². The summed E-state index contributed by atoms with van der Waals surface area (Å²) in [5.41, 5.74) is -1.74. The molecule has 0 aromatic carbocycles. The molecule has 1 rings (SSSR count). The monoisotopic (exact) mass is 227 g/mol. The molecule has 0 saturated heterocycles. The van der Waals surface area contributed by atoms with Crippen molar-refractivity contribution in [3.8, 4) is 0 Å². The Kier molecular flexibility index (Phi) is 3.05. The lowest BCUT2D eigenvalue weighted by atomic mass is 9.74. The topological polar surface area (TPSA) is 66.4 Å². The average molecular weight is 227 g/mol. The molecule has 1 amide bonds. The molecule has 1 aliphatic rings. The van der Waals surface area contributed by atoms with E-state index in [0.717, 1.165) is 6.42 Å². The van der Waals surface area contributed by atoms with Crippen molar-refractivity contribution in [2.75, 3.05) is 0 Å². The van der Waals surface area contributed by atoms with Gasteiger partial charge in [0.2, 0.25) is 5.91 Å². The molecule has 0 aliphatic heterocycles. The number of amides is 1. The summed E-state index contributed by atoms with van der Waals surface area (Å²) in [5, 5.41) is 12.0. The Morgan fingerprint density at radius 2 is 1.69 bits per heavy atom. The van der Waals surface area contributed by atoms with Gasteiger partial charge in [-0.3, -0.25) is 9.59 Å². The van der Waals surface area contributed by atoms with Crippen molar-refractivity contribution in [1.82, 2.24) is 5.32 Å². The molecule has 0 unspecified atom stereocenters. The van der Waals surface area contributed by atoms with Crippen LogP contribution in [0.15, 0.2) is 0 Å². The molecule has 0 spiro atoms. The van der Waals surface area contributed by atoms with Gasteiger partial charge in [-0.1, -0.05) is 6.92 Å². The van der Waals surface area contributed by atoms with Gasteiger partial charge in [-0.05, 0) is 40.0 Å². The maximum absolute atomic E-state index is 11.8. The minimum atomic E-state index is -0.985. The first-order valence-electron chi connectivity index (χ1n) is 5.65. The zero-order valence-corrected chi connectivity index (χ0v) is 10.6. The fraction of sp³-hybridized carbons (Fsp3) is 0.833. The lowest BCUT2D eigenvalue weighted by Gasteiger charge is -2.38. The predicted molar refractivity (Wildman–Crippen MR) is 60.9 cm³/mol. The maximum Gasteiger partial charge on any atom is 0.311 e. The molecular weight excluding hydrogens is 206 g/mol. The largest absolute Gasteiger partial charge is 0.481 e. The molecule has 0 radical (unpaired) electrons. The van der Waals surface area contributed by atoms with Gasteiger partial charge < -0.3 is 10.4 Å². The first kappa shape index (κ1) is 13.0. The molecule has 92 valence electrons. The van der Waals surface area contributed by atoms with E-state index in [1.165, 1.54) is 0 Å². The average Bonchev–Trinajstić information content (AvgIpc) is 2.81. The quantitative estimate of drug-likeness (QED) is 0.767. The van der Waals surface area contributed by atoms with E-state index in [4.69, 9.17) is 5.11 Å². The lowest BCUT2D eigenvalue weighted by molar-refractivity contribution is -0.151. The highest BCUT2D eigenvalue weighted by Crippen LogP contribution is 2.39. The second kappa shape index (κ2) is 3.75. The maximum atomic E-state index is 11.8. The predicted octanol–water partition coefficient (Wildman–Crippen LogP) is 1.65. The van der Waals surface area contributed by atoms with Crippen molar-refractivity contribution in [1.29, 1.82) is 0 Å². The first-order valence-corrected chi connectivity index (χ1v) is 5.65. The minimum absolute atomic E-state index is 0.0215.